The quantitative estimate of drug-likeness (QED) is 0.918. The van der Waals surface area contributed by atoms with E-state index in [1.807, 2.05) is 6.20 Å². The van der Waals surface area contributed by atoms with Crippen LogP contribution in [0.4, 0.5) is 5.82 Å². The Morgan fingerprint density at radius 2 is 2.00 bits per heavy atom. The molecule has 0 aromatic carbocycles. The van der Waals surface area contributed by atoms with Crippen molar-refractivity contribution in [1.29, 1.82) is 0 Å². The maximum Gasteiger partial charge on any atom is 0.131 e. The van der Waals surface area contributed by atoms with E-state index in [0.29, 0.717) is 0 Å². The van der Waals surface area contributed by atoms with Crippen molar-refractivity contribution in [1.82, 2.24) is 10.3 Å². The van der Waals surface area contributed by atoms with E-state index in [-0.39, 0.29) is 5.54 Å². The number of anilines is 1. The third-order valence-electron chi connectivity index (χ3n) is 4.56. The molecular formula is C18H31N3. The Bertz CT molecular complexity index is 476. The number of hydrogen-bond acceptors (Lipinski definition) is 3. The zero-order chi connectivity index (χ0) is 15.6. The Balaban J connectivity index is 2.05. The van der Waals surface area contributed by atoms with Gasteiger partial charge in [0.2, 0.25) is 0 Å². The second kappa shape index (κ2) is 6.35. The Kier molecular flexibility index (Phi) is 4.92. The van der Waals surface area contributed by atoms with Crippen LogP contribution in [-0.4, -0.2) is 23.6 Å². The summed E-state index contributed by atoms with van der Waals surface area (Å²) >= 11 is 0. The Morgan fingerprint density at radius 1 is 1.29 bits per heavy atom. The molecule has 118 valence electrons. The molecule has 21 heavy (non-hydrogen) atoms. The maximum atomic E-state index is 4.75. The van der Waals surface area contributed by atoms with Gasteiger partial charge in [0.1, 0.15) is 5.82 Å². The van der Waals surface area contributed by atoms with Gasteiger partial charge in [-0.25, -0.2) is 4.98 Å². The lowest BCUT2D eigenvalue weighted by molar-refractivity contribution is 0.322. The van der Waals surface area contributed by atoms with Crippen LogP contribution in [0, 0.1) is 18.8 Å². The number of nitrogens with one attached hydrogen (secondary N) is 1. The van der Waals surface area contributed by atoms with Crippen molar-refractivity contribution in [3.05, 3.63) is 23.4 Å². The highest BCUT2D eigenvalue weighted by Gasteiger charge is 2.24. The largest absolute Gasteiger partial charge is 0.356 e. The standard InChI is InChI=1S/C18H31N3/c1-13-7-8-21(12-15(13)3)17-14(2)9-16(10-19-17)11-20-18(4,5)6/h9-10,13,15,20H,7-8,11-12H2,1-6H3. The Labute approximate surface area is 130 Å². The van der Waals surface area contributed by atoms with Gasteiger partial charge in [0.25, 0.3) is 0 Å². The number of nitrogens with zero attached hydrogens (tertiary/aromatic N) is 2. The summed E-state index contributed by atoms with van der Waals surface area (Å²) < 4.78 is 0. The highest BCUT2D eigenvalue weighted by Crippen LogP contribution is 2.27. The summed E-state index contributed by atoms with van der Waals surface area (Å²) in [6, 6.07) is 2.28. The summed E-state index contributed by atoms with van der Waals surface area (Å²) in [5, 5.41) is 3.52. The number of hydrogen-bond donors (Lipinski definition) is 1. The average Bonchev–Trinajstić information content (AvgIpc) is 2.39. The topological polar surface area (TPSA) is 28.2 Å². The smallest absolute Gasteiger partial charge is 0.131 e. The monoisotopic (exact) mass is 289 g/mol. The lowest BCUT2D eigenvalue weighted by atomic mass is 9.88. The van der Waals surface area contributed by atoms with Crippen molar-refractivity contribution >= 4 is 5.82 Å². The fourth-order valence-electron chi connectivity index (χ4n) is 2.88. The first-order chi connectivity index (χ1) is 9.76. The average molecular weight is 289 g/mol. The first-order valence-electron chi connectivity index (χ1n) is 8.22. The first kappa shape index (κ1) is 16.3. The van der Waals surface area contributed by atoms with Crippen LogP contribution in [0.3, 0.4) is 0 Å². The van der Waals surface area contributed by atoms with Gasteiger partial charge in [-0.05, 0) is 63.1 Å². The lowest BCUT2D eigenvalue weighted by Crippen LogP contribution is -2.39. The SMILES string of the molecule is Cc1cc(CNC(C)(C)C)cnc1N1CCC(C)C(C)C1. The number of aromatic nitrogens is 1. The Morgan fingerprint density at radius 3 is 2.57 bits per heavy atom. The number of rotatable bonds is 3. The van der Waals surface area contributed by atoms with Gasteiger partial charge in [0, 0.05) is 31.4 Å². The summed E-state index contributed by atoms with van der Waals surface area (Å²) in [5.41, 5.74) is 2.71. The number of aryl methyl sites for hydroxylation is 1. The van der Waals surface area contributed by atoms with E-state index in [1.54, 1.807) is 0 Å². The molecule has 2 unspecified atom stereocenters. The van der Waals surface area contributed by atoms with Gasteiger partial charge in [0.15, 0.2) is 0 Å². The van der Waals surface area contributed by atoms with E-state index in [1.165, 1.54) is 23.4 Å². The van der Waals surface area contributed by atoms with E-state index in [4.69, 9.17) is 4.98 Å². The summed E-state index contributed by atoms with van der Waals surface area (Å²) in [6.07, 6.45) is 3.30. The van der Waals surface area contributed by atoms with Crippen molar-refractivity contribution in [3.8, 4) is 0 Å². The van der Waals surface area contributed by atoms with Crippen LogP contribution in [0.5, 0.6) is 0 Å². The van der Waals surface area contributed by atoms with Crippen molar-refractivity contribution in [2.75, 3.05) is 18.0 Å². The summed E-state index contributed by atoms with van der Waals surface area (Å²) in [6.45, 7) is 16.6. The molecule has 0 bridgehead atoms. The molecule has 3 nitrogen and oxygen atoms in total. The highest BCUT2D eigenvalue weighted by atomic mass is 15.2. The van der Waals surface area contributed by atoms with Crippen LogP contribution in [0.25, 0.3) is 0 Å². The zero-order valence-electron chi connectivity index (χ0n) is 14.5. The van der Waals surface area contributed by atoms with Crippen LogP contribution < -0.4 is 10.2 Å². The van der Waals surface area contributed by atoms with E-state index in [9.17, 15) is 0 Å². The molecular weight excluding hydrogens is 258 g/mol. The second-order valence-electron chi connectivity index (χ2n) is 7.78. The highest BCUT2D eigenvalue weighted by molar-refractivity contribution is 5.47. The number of pyridine rings is 1. The number of piperidine rings is 1. The van der Waals surface area contributed by atoms with Crippen LogP contribution >= 0.6 is 0 Å². The van der Waals surface area contributed by atoms with E-state index in [2.05, 4.69) is 57.8 Å². The van der Waals surface area contributed by atoms with Gasteiger partial charge in [-0.15, -0.1) is 0 Å². The van der Waals surface area contributed by atoms with Crippen LogP contribution in [0.1, 0.15) is 52.2 Å². The van der Waals surface area contributed by atoms with Crippen LogP contribution in [0.2, 0.25) is 0 Å². The molecule has 1 aromatic heterocycles. The van der Waals surface area contributed by atoms with Gasteiger partial charge in [-0.2, -0.15) is 0 Å². The molecule has 2 rings (SSSR count). The third-order valence-corrected chi connectivity index (χ3v) is 4.56. The van der Waals surface area contributed by atoms with Crippen molar-refractivity contribution in [3.63, 3.8) is 0 Å². The molecule has 1 fully saturated rings. The fourth-order valence-corrected chi connectivity index (χ4v) is 2.88. The van der Waals surface area contributed by atoms with Crippen LogP contribution in [-0.2, 0) is 6.54 Å². The molecule has 0 radical (unpaired) electrons. The summed E-state index contributed by atoms with van der Waals surface area (Å²) in [7, 11) is 0. The molecule has 1 aromatic rings. The third kappa shape index (κ3) is 4.44. The van der Waals surface area contributed by atoms with Crippen LogP contribution in [0.15, 0.2) is 12.3 Å². The van der Waals surface area contributed by atoms with Gasteiger partial charge in [-0.3, -0.25) is 0 Å². The molecule has 0 spiro atoms. The molecule has 3 heteroatoms. The normalized spacial score (nSPS) is 23.4. The fraction of sp³-hybridized carbons (Fsp3) is 0.722. The van der Waals surface area contributed by atoms with Gasteiger partial charge in [-0.1, -0.05) is 13.8 Å². The van der Waals surface area contributed by atoms with E-state index >= 15 is 0 Å². The van der Waals surface area contributed by atoms with E-state index in [0.717, 1.165) is 31.5 Å². The minimum absolute atomic E-state index is 0.144. The molecule has 1 saturated heterocycles. The Hall–Kier alpha value is -1.09. The molecule has 1 aliphatic rings. The molecule has 2 heterocycles. The molecule has 1 aliphatic heterocycles. The van der Waals surface area contributed by atoms with Gasteiger partial charge in [0.05, 0.1) is 0 Å². The molecule has 2 atom stereocenters. The molecule has 0 aliphatic carbocycles. The van der Waals surface area contributed by atoms with Crippen molar-refractivity contribution in [2.45, 2.75) is 60.0 Å². The van der Waals surface area contributed by atoms with Crippen molar-refractivity contribution in [2.24, 2.45) is 11.8 Å². The minimum Gasteiger partial charge on any atom is -0.356 e. The zero-order valence-corrected chi connectivity index (χ0v) is 14.5. The minimum atomic E-state index is 0.144. The molecule has 1 N–H and O–H groups in total. The predicted molar refractivity (Wildman–Crippen MR) is 90.7 cm³/mol. The van der Waals surface area contributed by atoms with Gasteiger partial charge < -0.3 is 10.2 Å². The second-order valence-corrected chi connectivity index (χ2v) is 7.78. The summed E-state index contributed by atoms with van der Waals surface area (Å²) in [5.74, 6) is 2.76. The lowest BCUT2D eigenvalue weighted by Gasteiger charge is -2.36. The molecule has 0 saturated carbocycles. The summed E-state index contributed by atoms with van der Waals surface area (Å²) in [4.78, 5) is 7.21. The van der Waals surface area contributed by atoms with Crippen molar-refractivity contribution < 1.29 is 0 Å². The first-order valence-corrected chi connectivity index (χ1v) is 8.22. The predicted octanol–water partition coefficient (Wildman–Crippen LogP) is 3.76. The maximum absolute atomic E-state index is 4.75. The van der Waals surface area contributed by atoms with E-state index < -0.39 is 0 Å². The van der Waals surface area contributed by atoms with Gasteiger partial charge >= 0.3 is 0 Å². The molecule has 0 amide bonds.